The molecule has 4 nitrogen and oxygen atoms in total. The topological polar surface area (TPSA) is 65.1 Å². The van der Waals surface area contributed by atoms with Gasteiger partial charge >= 0.3 is 0 Å². The van der Waals surface area contributed by atoms with Crippen molar-refractivity contribution in [3.05, 3.63) is 42.6 Å². The zero-order valence-electron chi connectivity index (χ0n) is 9.36. The lowest BCUT2D eigenvalue weighted by Crippen LogP contribution is -2.23. The largest absolute Gasteiger partial charge is 0.508 e. The van der Waals surface area contributed by atoms with Crippen molar-refractivity contribution in [2.75, 3.05) is 6.54 Å². The molecule has 0 radical (unpaired) electrons. The molecule has 0 fully saturated rings. The van der Waals surface area contributed by atoms with Crippen LogP contribution in [0.25, 0.3) is 10.9 Å². The van der Waals surface area contributed by atoms with Crippen molar-refractivity contribution in [3.8, 4) is 5.75 Å². The number of nitrogens with one attached hydrogen (secondary N) is 2. The third-order valence-corrected chi connectivity index (χ3v) is 2.63. The molecule has 0 bridgehead atoms. The number of H-pyrrole nitrogens is 1. The monoisotopic (exact) mass is 230 g/mol. The third kappa shape index (κ3) is 2.47. The van der Waals surface area contributed by atoms with Crippen LogP contribution in [0.5, 0.6) is 5.75 Å². The second-order valence-electron chi connectivity index (χ2n) is 3.79. The molecule has 0 saturated carbocycles. The van der Waals surface area contributed by atoms with Crippen LogP contribution in [0, 0.1) is 0 Å². The first-order valence-corrected chi connectivity index (χ1v) is 5.40. The van der Waals surface area contributed by atoms with Crippen molar-refractivity contribution in [3.63, 3.8) is 0 Å². The molecule has 3 N–H and O–H groups in total. The molecule has 1 aromatic carbocycles. The van der Waals surface area contributed by atoms with Gasteiger partial charge in [0.15, 0.2) is 0 Å². The molecule has 0 spiro atoms. The number of phenols is 1. The van der Waals surface area contributed by atoms with Gasteiger partial charge in [0.1, 0.15) is 5.75 Å². The Kier molecular flexibility index (Phi) is 3.14. The van der Waals surface area contributed by atoms with Crippen LogP contribution in [0.2, 0.25) is 0 Å². The number of rotatable bonds is 4. The molecular weight excluding hydrogens is 216 g/mol. The molecule has 2 aromatic rings. The van der Waals surface area contributed by atoms with Gasteiger partial charge in [-0.05, 0) is 36.3 Å². The average Bonchev–Trinajstić information content (AvgIpc) is 2.72. The molecule has 0 aliphatic rings. The number of fused-ring (bicyclic) bond motifs is 1. The standard InChI is InChI=1S/C13H14N2O2/c1-2-13(17)14-6-5-9-8-15-12-4-3-10(16)7-11(9)12/h2-4,7-8,15-16H,1,5-6H2,(H,14,17). The summed E-state index contributed by atoms with van der Waals surface area (Å²) < 4.78 is 0. The van der Waals surface area contributed by atoms with Gasteiger partial charge < -0.3 is 15.4 Å². The number of carbonyl (C=O) groups is 1. The van der Waals surface area contributed by atoms with E-state index in [4.69, 9.17) is 0 Å². The minimum absolute atomic E-state index is 0.173. The van der Waals surface area contributed by atoms with Gasteiger partial charge in [0.05, 0.1) is 0 Å². The van der Waals surface area contributed by atoms with Gasteiger partial charge in [-0.15, -0.1) is 0 Å². The summed E-state index contributed by atoms with van der Waals surface area (Å²) in [5, 5.41) is 13.1. The molecule has 4 heteroatoms. The van der Waals surface area contributed by atoms with E-state index in [2.05, 4.69) is 16.9 Å². The van der Waals surface area contributed by atoms with Crippen molar-refractivity contribution in [2.45, 2.75) is 6.42 Å². The van der Waals surface area contributed by atoms with Gasteiger partial charge in [-0.3, -0.25) is 4.79 Å². The van der Waals surface area contributed by atoms with E-state index in [1.54, 1.807) is 12.1 Å². The van der Waals surface area contributed by atoms with E-state index in [9.17, 15) is 9.90 Å². The highest BCUT2D eigenvalue weighted by molar-refractivity contribution is 5.87. The Labute approximate surface area is 99.0 Å². The molecule has 1 aromatic heterocycles. The third-order valence-electron chi connectivity index (χ3n) is 2.63. The number of carbonyl (C=O) groups excluding carboxylic acids is 1. The molecule has 2 rings (SSSR count). The van der Waals surface area contributed by atoms with Crippen LogP contribution >= 0.6 is 0 Å². The summed E-state index contributed by atoms with van der Waals surface area (Å²) in [5.74, 6) is 0.0705. The fraction of sp³-hybridized carbons (Fsp3) is 0.154. The Bertz CT molecular complexity index is 558. The smallest absolute Gasteiger partial charge is 0.243 e. The fourth-order valence-electron chi connectivity index (χ4n) is 1.77. The molecule has 1 heterocycles. The predicted octanol–water partition coefficient (Wildman–Crippen LogP) is 1.72. The van der Waals surface area contributed by atoms with Crippen LogP contribution in [0.4, 0.5) is 0 Å². The maximum atomic E-state index is 11.0. The normalized spacial score (nSPS) is 10.4. The number of hydrogen-bond donors (Lipinski definition) is 3. The Morgan fingerprint density at radius 3 is 3.12 bits per heavy atom. The number of aromatic amines is 1. The van der Waals surface area contributed by atoms with Crippen molar-refractivity contribution in [2.24, 2.45) is 0 Å². The van der Waals surface area contributed by atoms with Gasteiger partial charge in [-0.25, -0.2) is 0 Å². The lowest BCUT2D eigenvalue weighted by molar-refractivity contribution is -0.116. The lowest BCUT2D eigenvalue weighted by Gasteiger charge is -2.01. The minimum atomic E-state index is -0.173. The Balaban J connectivity index is 2.11. The summed E-state index contributed by atoms with van der Waals surface area (Å²) in [4.78, 5) is 14.1. The SMILES string of the molecule is C=CC(=O)NCCc1c[nH]c2ccc(O)cc12. The molecule has 0 aliphatic heterocycles. The maximum absolute atomic E-state index is 11.0. The Morgan fingerprint density at radius 1 is 1.53 bits per heavy atom. The van der Waals surface area contributed by atoms with Crippen molar-refractivity contribution in [1.29, 1.82) is 0 Å². The second-order valence-corrected chi connectivity index (χ2v) is 3.79. The predicted molar refractivity (Wildman–Crippen MR) is 66.9 cm³/mol. The van der Waals surface area contributed by atoms with Crippen LogP contribution in [-0.4, -0.2) is 22.5 Å². The number of aromatic hydroxyl groups is 1. The van der Waals surface area contributed by atoms with Gasteiger partial charge in [0.25, 0.3) is 0 Å². The van der Waals surface area contributed by atoms with Gasteiger partial charge in [-0.1, -0.05) is 6.58 Å². The van der Waals surface area contributed by atoms with E-state index in [1.165, 1.54) is 6.08 Å². The van der Waals surface area contributed by atoms with Gasteiger partial charge in [0, 0.05) is 23.6 Å². The summed E-state index contributed by atoms with van der Waals surface area (Å²) in [6.45, 7) is 3.94. The lowest BCUT2D eigenvalue weighted by atomic mass is 10.1. The van der Waals surface area contributed by atoms with Gasteiger partial charge in [-0.2, -0.15) is 0 Å². The summed E-state index contributed by atoms with van der Waals surface area (Å²) in [6.07, 6.45) is 3.86. The highest BCUT2D eigenvalue weighted by Crippen LogP contribution is 2.22. The van der Waals surface area contributed by atoms with Crippen LogP contribution in [0.3, 0.4) is 0 Å². The number of hydrogen-bond acceptors (Lipinski definition) is 2. The molecular formula is C13H14N2O2. The van der Waals surface area contributed by atoms with E-state index in [0.29, 0.717) is 13.0 Å². The first-order valence-electron chi connectivity index (χ1n) is 5.40. The summed E-state index contributed by atoms with van der Waals surface area (Å²) in [5.41, 5.74) is 2.05. The summed E-state index contributed by atoms with van der Waals surface area (Å²) in [6, 6.07) is 5.19. The fourth-order valence-corrected chi connectivity index (χ4v) is 1.77. The number of phenolic OH excluding ortho intramolecular Hbond substituents is 1. The quantitative estimate of drug-likeness (QED) is 0.700. The number of benzene rings is 1. The zero-order chi connectivity index (χ0) is 12.3. The Hall–Kier alpha value is -2.23. The summed E-state index contributed by atoms with van der Waals surface area (Å²) >= 11 is 0. The van der Waals surface area contributed by atoms with E-state index in [0.717, 1.165) is 16.5 Å². The molecule has 0 atom stereocenters. The van der Waals surface area contributed by atoms with Crippen molar-refractivity contribution < 1.29 is 9.90 Å². The van der Waals surface area contributed by atoms with Crippen LogP contribution in [0.1, 0.15) is 5.56 Å². The molecule has 0 aliphatic carbocycles. The molecule has 0 unspecified atom stereocenters. The van der Waals surface area contributed by atoms with E-state index < -0.39 is 0 Å². The van der Waals surface area contributed by atoms with Crippen LogP contribution in [-0.2, 0) is 11.2 Å². The van der Waals surface area contributed by atoms with Crippen molar-refractivity contribution in [1.82, 2.24) is 10.3 Å². The van der Waals surface area contributed by atoms with E-state index in [1.807, 2.05) is 12.3 Å². The average molecular weight is 230 g/mol. The Morgan fingerprint density at radius 2 is 2.35 bits per heavy atom. The number of aromatic nitrogens is 1. The van der Waals surface area contributed by atoms with Crippen LogP contribution in [0.15, 0.2) is 37.1 Å². The van der Waals surface area contributed by atoms with Crippen LogP contribution < -0.4 is 5.32 Å². The first kappa shape index (κ1) is 11.3. The van der Waals surface area contributed by atoms with E-state index in [-0.39, 0.29) is 11.7 Å². The first-order chi connectivity index (χ1) is 8.20. The molecule has 1 amide bonds. The summed E-state index contributed by atoms with van der Waals surface area (Å²) in [7, 11) is 0. The van der Waals surface area contributed by atoms with E-state index >= 15 is 0 Å². The van der Waals surface area contributed by atoms with Gasteiger partial charge in [0.2, 0.25) is 5.91 Å². The zero-order valence-corrected chi connectivity index (χ0v) is 9.36. The molecule has 17 heavy (non-hydrogen) atoms. The maximum Gasteiger partial charge on any atom is 0.243 e. The highest BCUT2D eigenvalue weighted by Gasteiger charge is 2.04. The number of amides is 1. The molecule has 0 saturated heterocycles. The minimum Gasteiger partial charge on any atom is -0.508 e. The second kappa shape index (κ2) is 4.74. The highest BCUT2D eigenvalue weighted by atomic mass is 16.3. The van der Waals surface area contributed by atoms with Crippen molar-refractivity contribution >= 4 is 16.8 Å². The molecule has 88 valence electrons.